The Balaban J connectivity index is 2.62. The van der Waals surface area contributed by atoms with Crippen LogP contribution in [0.25, 0.3) is 11.1 Å². The van der Waals surface area contributed by atoms with Crippen LogP contribution in [-0.2, 0) is 7.05 Å². The molecule has 2 rings (SSSR count). The van der Waals surface area contributed by atoms with Crippen LogP contribution in [0.3, 0.4) is 0 Å². The summed E-state index contributed by atoms with van der Waals surface area (Å²) in [6, 6.07) is 4.29. The average Bonchev–Trinajstić information content (AvgIpc) is 2.60. The summed E-state index contributed by atoms with van der Waals surface area (Å²) in [5.74, 6) is 0.712. The van der Waals surface area contributed by atoms with Crippen LogP contribution in [0.4, 0.5) is 10.2 Å². The van der Waals surface area contributed by atoms with Crippen molar-refractivity contribution >= 4 is 5.82 Å². The van der Waals surface area contributed by atoms with E-state index in [0.29, 0.717) is 22.7 Å². The molecule has 16 heavy (non-hydrogen) atoms. The summed E-state index contributed by atoms with van der Waals surface area (Å²) >= 11 is 0. The van der Waals surface area contributed by atoms with Crippen molar-refractivity contribution in [2.75, 3.05) is 12.8 Å². The molecule has 0 amide bonds. The Morgan fingerprint density at radius 3 is 2.69 bits per heavy atom. The first-order valence-electron chi connectivity index (χ1n) is 4.75. The van der Waals surface area contributed by atoms with E-state index in [0.717, 1.165) is 0 Å². The molecule has 0 saturated heterocycles. The largest absolute Gasteiger partial charge is 0.496 e. The summed E-state index contributed by atoms with van der Waals surface area (Å²) < 4.78 is 19.9. The van der Waals surface area contributed by atoms with Crippen LogP contribution in [0.2, 0.25) is 0 Å². The summed E-state index contributed by atoms with van der Waals surface area (Å²) in [7, 11) is 3.26. The highest BCUT2D eigenvalue weighted by Gasteiger charge is 2.13. The number of ether oxygens (including phenoxy) is 1. The van der Waals surface area contributed by atoms with Gasteiger partial charge in [0.15, 0.2) is 0 Å². The number of hydrogen-bond donors (Lipinski definition) is 1. The van der Waals surface area contributed by atoms with Gasteiger partial charge in [0.1, 0.15) is 17.4 Å². The molecule has 0 radical (unpaired) electrons. The molecule has 1 aromatic carbocycles. The molecule has 1 heterocycles. The Morgan fingerprint density at radius 2 is 2.12 bits per heavy atom. The summed E-state index contributed by atoms with van der Waals surface area (Å²) in [6.45, 7) is 0. The maximum atomic E-state index is 13.2. The predicted molar refractivity (Wildman–Crippen MR) is 59.6 cm³/mol. The van der Waals surface area contributed by atoms with Gasteiger partial charge in [-0.25, -0.2) is 4.39 Å². The minimum atomic E-state index is -0.334. The van der Waals surface area contributed by atoms with Gasteiger partial charge in [-0.05, 0) is 18.2 Å². The minimum Gasteiger partial charge on any atom is -0.496 e. The lowest BCUT2D eigenvalue weighted by atomic mass is 10.1. The zero-order chi connectivity index (χ0) is 11.7. The van der Waals surface area contributed by atoms with Crippen LogP contribution in [0, 0.1) is 5.82 Å². The van der Waals surface area contributed by atoms with Gasteiger partial charge in [-0.2, -0.15) is 5.10 Å². The van der Waals surface area contributed by atoms with Gasteiger partial charge in [0, 0.05) is 18.2 Å². The smallest absolute Gasteiger partial charge is 0.129 e. The van der Waals surface area contributed by atoms with Crippen molar-refractivity contribution in [2.45, 2.75) is 0 Å². The molecule has 4 nitrogen and oxygen atoms in total. The third kappa shape index (κ3) is 1.60. The zero-order valence-electron chi connectivity index (χ0n) is 9.07. The van der Waals surface area contributed by atoms with Crippen LogP contribution in [0.15, 0.2) is 24.4 Å². The number of nitrogens with two attached hydrogens (primary N) is 1. The topological polar surface area (TPSA) is 53.1 Å². The van der Waals surface area contributed by atoms with Gasteiger partial charge >= 0.3 is 0 Å². The summed E-state index contributed by atoms with van der Waals surface area (Å²) in [6.07, 6.45) is 1.59. The second-order valence-electron chi connectivity index (χ2n) is 3.41. The second-order valence-corrected chi connectivity index (χ2v) is 3.41. The average molecular weight is 221 g/mol. The maximum Gasteiger partial charge on any atom is 0.129 e. The number of methoxy groups -OCH3 is 1. The number of nitrogen functional groups attached to an aromatic ring is 1. The second kappa shape index (κ2) is 3.84. The molecule has 0 atom stereocenters. The Morgan fingerprint density at radius 1 is 1.38 bits per heavy atom. The van der Waals surface area contributed by atoms with Crippen LogP contribution in [0.1, 0.15) is 0 Å². The van der Waals surface area contributed by atoms with Gasteiger partial charge in [-0.3, -0.25) is 4.68 Å². The van der Waals surface area contributed by atoms with Gasteiger partial charge in [-0.15, -0.1) is 0 Å². The van der Waals surface area contributed by atoms with E-state index in [1.165, 1.54) is 23.9 Å². The minimum absolute atomic E-state index is 0.334. The summed E-state index contributed by atoms with van der Waals surface area (Å²) in [5.41, 5.74) is 7.10. The highest BCUT2D eigenvalue weighted by molar-refractivity contribution is 5.78. The van der Waals surface area contributed by atoms with Gasteiger partial charge in [0.05, 0.1) is 13.3 Å². The Kier molecular flexibility index (Phi) is 2.52. The monoisotopic (exact) mass is 221 g/mol. The van der Waals surface area contributed by atoms with E-state index in [1.54, 1.807) is 19.3 Å². The number of aryl methyl sites for hydroxylation is 1. The zero-order valence-corrected chi connectivity index (χ0v) is 9.07. The Labute approximate surface area is 92.4 Å². The van der Waals surface area contributed by atoms with Crippen LogP contribution < -0.4 is 10.5 Å². The number of halogens is 1. The molecule has 0 bridgehead atoms. The molecular formula is C11H12FN3O. The lowest BCUT2D eigenvalue weighted by molar-refractivity contribution is 0.415. The number of nitrogens with zero attached hydrogens (tertiary/aromatic N) is 2. The highest BCUT2D eigenvalue weighted by atomic mass is 19.1. The van der Waals surface area contributed by atoms with Gasteiger partial charge in [0.25, 0.3) is 0 Å². The lowest BCUT2D eigenvalue weighted by Crippen LogP contribution is -1.98. The van der Waals surface area contributed by atoms with E-state index < -0.39 is 0 Å². The standard InChI is InChI=1S/C11H12FN3O/c1-15-11(13)9(6-14-15)8-5-7(12)3-4-10(8)16-2/h3-6H,13H2,1-2H3. The number of aromatic nitrogens is 2. The van der Waals surface area contributed by atoms with E-state index in [1.807, 2.05) is 0 Å². The fraction of sp³-hybridized carbons (Fsp3) is 0.182. The number of hydrogen-bond acceptors (Lipinski definition) is 3. The molecule has 2 N–H and O–H groups in total. The molecular weight excluding hydrogens is 209 g/mol. The van der Waals surface area contributed by atoms with Crippen molar-refractivity contribution in [1.29, 1.82) is 0 Å². The number of benzene rings is 1. The SMILES string of the molecule is COc1ccc(F)cc1-c1cnn(C)c1N. The molecule has 5 heteroatoms. The third-order valence-corrected chi connectivity index (χ3v) is 2.44. The lowest BCUT2D eigenvalue weighted by Gasteiger charge is -2.07. The van der Waals surface area contributed by atoms with Crippen LogP contribution in [0.5, 0.6) is 5.75 Å². The highest BCUT2D eigenvalue weighted by Crippen LogP contribution is 2.33. The van der Waals surface area contributed by atoms with E-state index >= 15 is 0 Å². The van der Waals surface area contributed by atoms with Crippen molar-refractivity contribution in [2.24, 2.45) is 7.05 Å². The molecule has 0 aliphatic rings. The normalized spacial score (nSPS) is 10.4. The molecule has 0 fully saturated rings. The first kappa shape index (κ1) is 10.5. The first-order chi connectivity index (χ1) is 7.63. The first-order valence-corrected chi connectivity index (χ1v) is 4.75. The summed E-state index contributed by atoms with van der Waals surface area (Å²) in [4.78, 5) is 0. The van der Waals surface area contributed by atoms with Gasteiger partial charge in [0.2, 0.25) is 0 Å². The number of rotatable bonds is 2. The van der Waals surface area contributed by atoms with Crippen LogP contribution in [-0.4, -0.2) is 16.9 Å². The van der Waals surface area contributed by atoms with Crippen LogP contribution >= 0.6 is 0 Å². The van der Waals surface area contributed by atoms with E-state index in [4.69, 9.17) is 10.5 Å². The molecule has 0 spiro atoms. The van der Waals surface area contributed by atoms with Crippen molar-refractivity contribution in [1.82, 2.24) is 9.78 Å². The van der Waals surface area contributed by atoms with Gasteiger partial charge < -0.3 is 10.5 Å². The molecule has 0 aliphatic carbocycles. The van der Waals surface area contributed by atoms with Crippen molar-refractivity contribution in [3.63, 3.8) is 0 Å². The molecule has 0 unspecified atom stereocenters. The molecule has 0 aliphatic heterocycles. The van der Waals surface area contributed by atoms with Crippen molar-refractivity contribution in [3.8, 4) is 16.9 Å². The quantitative estimate of drug-likeness (QED) is 0.841. The fourth-order valence-corrected chi connectivity index (χ4v) is 1.55. The van der Waals surface area contributed by atoms with E-state index in [9.17, 15) is 4.39 Å². The maximum absolute atomic E-state index is 13.2. The number of anilines is 1. The third-order valence-electron chi connectivity index (χ3n) is 2.44. The Hall–Kier alpha value is -2.04. The van der Waals surface area contributed by atoms with Crippen molar-refractivity contribution in [3.05, 3.63) is 30.2 Å². The van der Waals surface area contributed by atoms with Gasteiger partial charge in [-0.1, -0.05) is 0 Å². The van der Waals surface area contributed by atoms with E-state index in [2.05, 4.69) is 5.10 Å². The molecule has 2 aromatic rings. The fourth-order valence-electron chi connectivity index (χ4n) is 1.55. The van der Waals surface area contributed by atoms with E-state index in [-0.39, 0.29) is 5.82 Å². The Bertz CT molecular complexity index is 522. The molecule has 1 aromatic heterocycles. The molecule has 84 valence electrons. The summed E-state index contributed by atoms with van der Waals surface area (Å²) in [5, 5.41) is 4.01. The van der Waals surface area contributed by atoms with Crippen molar-refractivity contribution < 1.29 is 9.13 Å². The molecule has 0 saturated carbocycles. The predicted octanol–water partition coefficient (Wildman–Crippen LogP) is 1.82.